The highest BCUT2D eigenvalue weighted by Crippen LogP contribution is 2.05. The van der Waals surface area contributed by atoms with Gasteiger partial charge in [-0.3, -0.25) is 0 Å². The lowest BCUT2D eigenvalue weighted by atomic mass is 10.3. The molecule has 0 unspecified atom stereocenters. The Bertz CT molecular complexity index is 360. The molecule has 1 aromatic rings. The summed E-state index contributed by atoms with van der Waals surface area (Å²) in [6.45, 7) is 7.46. The predicted octanol–water partition coefficient (Wildman–Crippen LogP) is 1.97. The Morgan fingerprint density at radius 3 is 2.79 bits per heavy atom. The maximum atomic E-state index is 4.13. The zero-order valence-corrected chi connectivity index (χ0v) is 8.51. The third kappa shape index (κ3) is 2.65. The summed E-state index contributed by atoms with van der Waals surface area (Å²) in [5, 5.41) is 11.9. The summed E-state index contributed by atoms with van der Waals surface area (Å²) in [4.78, 5) is 1.54. The maximum Gasteiger partial charge on any atom is 0.172 e. The molecule has 0 amide bonds. The molecule has 0 fully saturated rings. The molecular formula is C10H14N4. The van der Waals surface area contributed by atoms with Crippen LogP contribution >= 0.6 is 0 Å². The molecule has 0 saturated carbocycles. The summed E-state index contributed by atoms with van der Waals surface area (Å²) in [6.07, 6.45) is 8.30. The number of allylic oxidation sites excluding steroid dienone is 5. The molecule has 74 valence electrons. The zero-order valence-electron chi connectivity index (χ0n) is 8.51. The lowest BCUT2D eigenvalue weighted by molar-refractivity contribution is 0.716. The number of aromatic nitrogens is 4. The van der Waals surface area contributed by atoms with Gasteiger partial charge in [-0.05, 0) is 24.6 Å². The summed E-state index contributed by atoms with van der Waals surface area (Å²) >= 11 is 0. The third-order valence-corrected chi connectivity index (χ3v) is 1.67. The van der Waals surface area contributed by atoms with Crippen molar-refractivity contribution in [2.75, 3.05) is 0 Å². The van der Waals surface area contributed by atoms with Crippen LogP contribution in [-0.4, -0.2) is 20.2 Å². The molecule has 0 aliphatic heterocycles. The summed E-state index contributed by atoms with van der Waals surface area (Å²) in [5.74, 6) is 0.678. The molecular weight excluding hydrogens is 176 g/mol. The van der Waals surface area contributed by atoms with Gasteiger partial charge in [-0.15, -0.1) is 15.0 Å². The van der Waals surface area contributed by atoms with Crippen molar-refractivity contribution in [3.05, 3.63) is 36.7 Å². The van der Waals surface area contributed by atoms with Crippen molar-refractivity contribution < 1.29 is 0 Å². The van der Waals surface area contributed by atoms with E-state index in [0.717, 1.165) is 12.1 Å². The number of hydrogen-bond acceptors (Lipinski definition) is 3. The fourth-order valence-electron chi connectivity index (χ4n) is 0.977. The first-order valence-corrected chi connectivity index (χ1v) is 4.53. The topological polar surface area (TPSA) is 43.6 Å². The Morgan fingerprint density at radius 1 is 1.50 bits per heavy atom. The maximum absolute atomic E-state index is 4.13. The van der Waals surface area contributed by atoms with E-state index in [1.807, 2.05) is 32.1 Å². The van der Waals surface area contributed by atoms with E-state index in [9.17, 15) is 0 Å². The van der Waals surface area contributed by atoms with Gasteiger partial charge in [-0.25, -0.2) is 0 Å². The lowest BCUT2D eigenvalue weighted by Gasteiger charge is -1.98. The third-order valence-electron chi connectivity index (χ3n) is 1.67. The predicted molar refractivity (Wildman–Crippen MR) is 56.5 cm³/mol. The number of rotatable bonds is 4. The largest absolute Gasteiger partial charge is 0.172 e. The molecule has 1 heterocycles. The molecule has 0 aliphatic carbocycles. The summed E-state index contributed by atoms with van der Waals surface area (Å²) in [5.41, 5.74) is 1.00. The molecule has 0 radical (unpaired) electrons. The van der Waals surface area contributed by atoms with Crippen molar-refractivity contribution in [2.24, 2.45) is 0 Å². The van der Waals surface area contributed by atoms with Crippen molar-refractivity contribution >= 4 is 5.70 Å². The Morgan fingerprint density at radius 2 is 2.29 bits per heavy atom. The Kier molecular flexibility index (Phi) is 3.79. The molecule has 0 aliphatic rings. The van der Waals surface area contributed by atoms with E-state index in [-0.39, 0.29) is 0 Å². The molecule has 0 bridgehead atoms. The van der Waals surface area contributed by atoms with Crippen LogP contribution in [0.1, 0.15) is 19.2 Å². The average molecular weight is 190 g/mol. The van der Waals surface area contributed by atoms with Gasteiger partial charge in [0.25, 0.3) is 0 Å². The van der Waals surface area contributed by atoms with Crippen LogP contribution in [0.25, 0.3) is 5.70 Å². The van der Waals surface area contributed by atoms with E-state index in [2.05, 4.69) is 22.0 Å². The van der Waals surface area contributed by atoms with E-state index >= 15 is 0 Å². The van der Waals surface area contributed by atoms with Gasteiger partial charge < -0.3 is 0 Å². The Hall–Kier alpha value is -1.71. The van der Waals surface area contributed by atoms with Crippen LogP contribution in [0.2, 0.25) is 0 Å². The molecule has 4 heteroatoms. The van der Waals surface area contributed by atoms with Gasteiger partial charge in [0.05, 0.1) is 5.70 Å². The number of tetrazole rings is 1. The average Bonchev–Trinajstić information content (AvgIpc) is 2.60. The molecule has 0 aromatic carbocycles. The number of hydrogen-bond donors (Lipinski definition) is 0. The highest BCUT2D eigenvalue weighted by molar-refractivity contribution is 5.45. The highest BCUT2D eigenvalue weighted by Gasteiger charge is 2.00. The first-order valence-electron chi connectivity index (χ1n) is 4.53. The van der Waals surface area contributed by atoms with Gasteiger partial charge in [0.1, 0.15) is 0 Å². The van der Waals surface area contributed by atoms with Gasteiger partial charge >= 0.3 is 0 Å². The Balaban J connectivity index is 2.86. The van der Waals surface area contributed by atoms with Gasteiger partial charge in [0.15, 0.2) is 5.82 Å². The van der Waals surface area contributed by atoms with Crippen molar-refractivity contribution in [3.8, 4) is 0 Å². The normalized spacial score (nSPS) is 12.3. The number of aryl methyl sites for hydroxylation is 1. The fraction of sp³-hybridized carbons (Fsp3) is 0.300. The van der Waals surface area contributed by atoms with E-state index in [0.29, 0.717) is 5.82 Å². The molecule has 4 nitrogen and oxygen atoms in total. The summed E-state index contributed by atoms with van der Waals surface area (Å²) < 4.78 is 0. The minimum atomic E-state index is 0.678. The standard InChI is InChI=1S/C10H14N4/c1-4-6-7-8-10(5-2)14-12-9(3)11-13-14/h4,6-8H,1,5H2,2-3H3/b7-6-,10-8+. The molecule has 1 aromatic heterocycles. The first-order chi connectivity index (χ1) is 6.77. The second-order valence-corrected chi connectivity index (χ2v) is 2.76. The zero-order chi connectivity index (χ0) is 10.4. The van der Waals surface area contributed by atoms with Crippen LogP contribution in [0.5, 0.6) is 0 Å². The molecule has 1 rings (SSSR count). The lowest BCUT2D eigenvalue weighted by Crippen LogP contribution is -2.00. The highest BCUT2D eigenvalue weighted by atomic mass is 15.6. The number of nitrogens with zero attached hydrogens (tertiary/aromatic N) is 4. The first kappa shape index (κ1) is 10.4. The van der Waals surface area contributed by atoms with Crippen LogP contribution in [0.3, 0.4) is 0 Å². The molecule has 0 saturated heterocycles. The van der Waals surface area contributed by atoms with Crippen LogP contribution in [-0.2, 0) is 0 Å². The minimum Gasteiger partial charge on any atom is -0.135 e. The molecule has 0 atom stereocenters. The molecule has 0 N–H and O–H groups in total. The Labute approximate surface area is 83.6 Å². The quantitative estimate of drug-likeness (QED) is 0.682. The van der Waals surface area contributed by atoms with Gasteiger partial charge in [0, 0.05) is 0 Å². The smallest absolute Gasteiger partial charge is 0.135 e. The SMILES string of the molecule is C=C/C=C\C=C(/CC)n1nnc(C)n1. The second-order valence-electron chi connectivity index (χ2n) is 2.76. The second kappa shape index (κ2) is 5.11. The van der Waals surface area contributed by atoms with Crippen molar-refractivity contribution in [3.63, 3.8) is 0 Å². The van der Waals surface area contributed by atoms with Gasteiger partial charge in [0.2, 0.25) is 0 Å². The van der Waals surface area contributed by atoms with Crippen LogP contribution in [0.4, 0.5) is 0 Å². The van der Waals surface area contributed by atoms with E-state index < -0.39 is 0 Å². The van der Waals surface area contributed by atoms with Crippen molar-refractivity contribution in [2.45, 2.75) is 20.3 Å². The summed E-state index contributed by atoms with van der Waals surface area (Å²) in [7, 11) is 0. The van der Waals surface area contributed by atoms with Crippen LogP contribution < -0.4 is 0 Å². The fourth-order valence-corrected chi connectivity index (χ4v) is 0.977. The van der Waals surface area contributed by atoms with E-state index in [4.69, 9.17) is 0 Å². The van der Waals surface area contributed by atoms with Gasteiger partial charge in [-0.1, -0.05) is 31.7 Å². The van der Waals surface area contributed by atoms with Gasteiger partial charge in [-0.2, -0.15) is 0 Å². The van der Waals surface area contributed by atoms with E-state index in [1.54, 1.807) is 10.9 Å². The monoisotopic (exact) mass is 190 g/mol. The van der Waals surface area contributed by atoms with Crippen molar-refractivity contribution in [1.82, 2.24) is 20.2 Å². The van der Waals surface area contributed by atoms with Crippen LogP contribution in [0, 0.1) is 6.92 Å². The molecule has 14 heavy (non-hydrogen) atoms. The minimum absolute atomic E-state index is 0.678. The van der Waals surface area contributed by atoms with E-state index in [1.165, 1.54) is 0 Å². The van der Waals surface area contributed by atoms with Crippen LogP contribution in [0.15, 0.2) is 30.9 Å². The van der Waals surface area contributed by atoms with Crippen molar-refractivity contribution in [1.29, 1.82) is 0 Å². The molecule has 0 spiro atoms. The summed E-state index contributed by atoms with van der Waals surface area (Å²) in [6, 6.07) is 0.